The monoisotopic (exact) mass is 273 g/mol. The Labute approximate surface area is 117 Å². The van der Waals surface area contributed by atoms with E-state index in [0.29, 0.717) is 6.10 Å². The van der Waals surface area contributed by atoms with Gasteiger partial charge in [0, 0.05) is 24.1 Å². The minimum Gasteiger partial charge on any atom is -0.381 e. The molecule has 0 atom stereocenters. The van der Waals surface area contributed by atoms with E-state index < -0.39 is 0 Å². The van der Waals surface area contributed by atoms with E-state index in [1.165, 1.54) is 0 Å². The van der Waals surface area contributed by atoms with Crippen LogP contribution in [0.25, 0.3) is 10.9 Å². The summed E-state index contributed by atoms with van der Waals surface area (Å²) in [6.07, 6.45) is 5.82. The molecule has 1 heterocycles. The summed E-state index contributed by atoms with van der Waals surface area (Å²) in [6.45, 7) is 0. The predicted octanol–water partition coefficient (Wildman–Crippen LogP) is 2.71. The van der Waals surface area contributed by atoms with E-state index in [4.69, 9.17) is 4.74 Å². The van der Waals surface area contributed by atoms with Crippen molar-refractivity contribution in [3.63, 3.8) is 0 Å². The van der Waals surface area contributed by atoms with Gasteiger partial charge in [-0.05, 0) is 43.9 Å². The van der Waals surface area contributed by atoms with Gasteiger partial charge in [0.05, 0.1) is 17.8 Å². The van der Waals surface area contributed by atoms with E-state index in [1.54, 1.807) is 13.3 Å². The zero-order valence-electron chi connectivity index (χ0n) is 11.6. The van der Waals surface area contributed by atoms with E-state index in [-0.39, 0.29) is 11.8 Å². The second kappa shape index (κ2) is 5.63. The lowest BCUT2D eigenvalue weighted by molar-refractivity contribution is -0.121. The molecule has 0 unspecified atom stereocenters. The number of aromatic amines is 1. The average molecular weight is 273 g/mol. The number of amides is 1. The summed E-state index contributed by atoms with van der Waals surface area (Å²) in [7, 11) is 1.74. The number of carbonyl (C=O) groups is 1. The number of carbonyl (C=O) groups excluding carboxylic acids is 1. The van der Waals surface area contributed by atoms with E-state index >= 15 is 0 Å². The zero-order chi connectivity index (χ0) is 13.9. The molecular formula is C15H19N3O2. The van der Waals surface area contributed by atoms with Gasteiger partial charge in [0.25, 0.3) is 0 Å². The minimum absolute atomic E-state index is 0.0986. The van der Waals surface area contributed by atoms with Crippen molar-refractivity contribution in [2.45, 2.75) is 31.8 Å². The fourth-order valence-electron chi connectivity index (χ4n) is 2.83. The van der Waals surface area contributed by atoms with Crippen molar-refractivity contribution in [1.82, 2.24) is 10.2 Å². The summed E-state index contributed by atoms with van der Waals surface area (Å²) >= 11 is 0. The molecule has 1 aliphatic carbocycles. The lowest BCUT2D eigenvalue weighted by atomic mass is 9.87. The number of anilines is 1. The van der Waals surface area contributed by atoms with Crippen LogP contribution < -0.4 is 5.32 Å². The van der Waals surface area contributed by atoms with Gasteiger partial charge in [0.1, 0.15) is 0 Å². The molecule has 0 spiro atoms. The third kappa shape index (κ3) is 2.67. The first-order valence-corrected chi connectivity index (χ1v) is 7.03. The maximum atomic E-state index is 12.3. The third-order valence-corrected chi connectivity index (χ3v) is 4.09. The largest absolute Gasteiger partial charge is 0.381 e. The van der Waals surface area contributed by atoms with Crippen molar-refractivity contribution >= 4 is 22.5 Å². The van der Waals surface area contributed by atoms with Crippen LogP contribution in [0.2, 0.25) is 0 Å². The second-order valence-corrected chi connectivity index (χ2v) is 5.37. The van der Waals surface area contributed by atoms with Gasteiger partial charge >= 0.3 is 0 Å². The quantitative estimate of drug-likeness (QED) is 0.903. The van der Waals surface area contributed by atoms with Crippen LogP contribution in [0.3, 0.4) is 0 Å². The molecule has 0 saturated heterocycles. The summed E-state index contributed by atoms with van der Waals surface area (Å²) in [4.78, 5) is 12.3. The molecule has 2 aromatic rings. The fourth-order valence-corrected chi connectivity index (χ4v) is 2.83. The van der Waals surface area contributed by atoms with Gasteiger partial charge in [-0.1, -0.05) is 0 Å². The first-order chi connectivity index (χ1) is 9.76. The average Bonchev–Trinajstić information content (AvgIpc) is 2.95. The zero-order valence-corrected chi connectivity index (χ0v) is 11.6. The summed E-state index contributed by atoms with van der Waals surface area (Å²) in [5, 5.41) is 10.9. The van der Waals surface area contributed by atoms with Crippen LogP contribution in [-0.2, 0) is 9.53 Å². The molecule has 1 saturated carbocycles. The number of ether oxygens (including phenoxy) is 1. The second-order valence-electron chi connectivity index (χ2n) is 5.37. The standard InChI is InChI=1S/C15H19N3O2/c1-20-13-5-2-10(3-6-13)15(19)17-12-4-7-14-11(8-12)9-16-18-14/h4,7-10,13H,2-3,5-6H2,1H3,(H,16,18)(H,17,19). The lowest BCUT2D eigenvalue weighted by Gasteiger charge is -2.26. The van der Waals surface area contributed by atoms with Crippen LogP contribution in [0.5, 0.6) is 0 Å². The lowest BCUT2D eigenvalue weighted by Crippen LogP contribution is -2.29. The number of hydrogen-bond donors (Lipinski definition) is 2. The molecule has 1 aromatic carbocycles. The molecular weight excluding hydrogens is 254 g/mol. The van der Waals surface area contributed by atoms with Crippen molar-refractivity contribution in [2.75, 3.05) is 12.4 Å². The van der Waals surface area contributed by atoms with Crippen molar-refractivity contribution < 1.29 is 9.53 Å². The van der Waals surface area contributed by atoms with Crippen LogP contribution in [0.15, 0.2) is 24.4 Å². The highest BCUT2D eigenvalue weighted by molar-refractivity contribution is 5.94. The minimum atomic E-state index is 0.0986. The molecule has 0 aliphatic heterocycles. The van der Waals surface area contributed by atoms with E-state index in [0.717, 1.165) is 42.3 Å². The number of fused-ring (bicyclic) bond motifs is 1. The van der Waals surface area contributed by atoms with E-state index in [9.17, 15) is 4.79 Å². The molecule has 5 heteroatoms. The Morgan fingerprint density at radius 1 is 1.35 bits per heavy atom. The SMILES string of the molecule is COC1CCC(C(=O)Nc2ccc3[nH]ncc3c2)CC1. The Hall–Kier alpha value is -1.88. The summed E-state index contributed by atoms with van der Waals surface area (Å²) in [5.41, 5.74) is 1.81. The predicted molar refractivity (Wildman–Crippen MR) is 77.5 cm³/mol. The summed E-state index contributed by atoms with van der Waals surface area (Å²) in [5.74, 6) is 0.212. The Morgan fingerprint density at radius 3 is 2.90 bits per heavy atom. The molecule has 20 heavy (non-hydrogen) atoms. The summed E-state index contributed by atoms with van der Waals surface area (Å²) < 4.78 is 5.33. The van der Waals surface area contributed by atoms with Gasteiger partial charge in [-0.3, -0.25) is 9.89 Å². The number of rotatable bonds is 3. The van der Waals surface area contributed by atoms with Gasteiger partial charge in [0.2, 0.25) is 5.91 Å². The summed E-state index contributed by atoms with van der Waals surface area (Å²) in [6, 6.07) is 5.77. The number of aromatic nitrogens is 2. The van der Waals surface area contributed by atoms with Gasteiger partial charge in [-0.25, -0.2) is 0 Å². The molecule has 1 amide bonds. The van der Waals surface area contributed by atoms with Crippen molar-refractivity contribution in [1.29, 1.82) is 0 Å². The number of nitrogens with one attached hydrogen (secondary N) is 2. The molecule has 1 aliphatic rings. The Balaban J connectivity index is 1.63. The van der Waals surface area contributed by atoms with Crippen LogP contribution in [0.4, 0.5) is 5.69 Å². The van der Waals surface area contributed by atoms with Crippen LogP contribution in [0, 0.1) is 5.92 Å². The molecule has 106 valence electrons. The maximum absolute atomic E-state index is 12.3. The number of H-pyrrole nitrogens is 1. The molecule has 1 aromatic heterocycles. The first-order valence-electron chi connectivity index (χ1n) is 7.03. The number of benzene rings is 1. The molecule has 3 rings (SSSR count). The van der Waals surface area contributed by atoms with Crippen LogP contribution in [0.1, 0.15) is 25.7 Å². The normalized spacial score (nSPS) is 22.9. The third-order valence-electron chi connectivity index (χ3n) is 4.09. The highest BCUT2D eigenvalue weighted by Gasteiger charge is 2.26. The Bertz CT molecular complexity index is 600. The molecule has 1 fully saturated rings. The van der Waals surface area contributed by atoms with Gasteiger partial charge in [-0.2, -0.15) is 5.10 Å². The molecule has 2 N–H and O–H groups in total. The van der Waals surface area contributed by atoms with E-state index in [1.807, 2.05) is 18.2 Å². The van der Waals surface area contributed by atoms with E-state index in [2.05, 4.69) is 15.5 Å². The molecule has 0 radical (unpaired) electrons. The topological polar surface area (TPSA) is 67.0 Å². The van der Waals surface area contributed by atoms with Gasteiger partial charge < -0.3 is 10.1 Å². The highest BCUT2D eigenvalue weighted by Crippen LogP contribution is 2.27. The number of methoxy groups -OCH3 is 1. The number of hydrogen-bond acceptors (Lipinski definition) is 3. The van der Waals surface area contributed by atoms with Crippen molar-refractivity contribution in [3.05, 3.63) is 24.4 Å². The molecule has 5 nitrogen and oxygen atoms in total. The molecule has 0 bridgehead atoms. The highest BCUT2D eigenvalue weighted by atomic mass is 16.5. The first kappa shape index (κ1) is 13.1. The maximum Gasteiger partial charge on any atom is 0.227 e. The smallest absolute Gasteiger partial charge is 0.227 e. The number of nitrogens with zero attached hydrogens (tertiary/aromatic N) is 1. The van der Waals surface area contributed by atoms with Crippen molar-refractivity contribution in [3.8, 4) is 0 Å². The van der Waals surface area contributed by atoms with Gasteiger partial charge in [-0.15, -0.1) is 0 Å². The fraction of sp³-hybridized carbons (Fsp3) is 0.467. The van der Waals surface area contributed by atoms with Crippen molar-refractivity contribution in [2.24, 2.45) is 5.92 Å². The Morgan fingerprint density at radius 2 is 2.15 bits per heavy atom. The van der Waals surface area contributed by atoms with Gasteiger partial charge in [0.15, 0.2) is 0 Å². The van der Waals surface area contributed by atoms with Crippen LogP contribution in [-0.4, -0.2) is 29.3 Å². The Kier molecular flexibility index (Phi) is 3.69. The van der Waals surface area contributed by atoms with Crippen LogP contribution >= 0.6 is 0 Å².